The third-order valence-corrected chi connectivity index (χ3v) is 7.26. The summed E-state index contributed by atoms with van der Waals surface area (Å²) in [4.78, 5) is 16.9. The molecular formula is C28H24Cl2F2N2O3. The molecule has 1 unspecified atom stereocenters. The van der Waals surface area contributed by atoms with Crippen LogP contribution in [0.1, 0.15) is 29.3 Å². The van der Waals surface area contributed by atoms with Gasteiger partial charge in [-0.05, 0) is 55.0 Å². The van der Waals surface area contributed by atoms with Gasteiger partial charge in [-0.3, -0.25) is 4.79 Å². The maximum Gasteiger partial charge on any atom is 0.302 e. The molecule has 192 valence electrons. The molecule has 2 aliphatic rings. The van der Waals surface area contributed by atoms with E-state index < -0.39 is 17.5 Å². The van der Waals surface area contributed by atoms with E-state index in [-0.39, 0.29) is 22.9 Å². The first-order chi connectivity index (χ1) is 17.7. The molecule has 3 aromatic carbocycles. The number of amides is 1. The van der Waals surface area contributed by atoms with Gasteiger partial charge in [0, 0.05) is 48.5 Å². The molecule has 0 aliphatic carbocycles. The van der Waals surface area contributed by atoms with Crippen molar-refractivity contribution in [3.63, 3.8) is 0 Å². The van der Waals surface area contributed by atoms with Gasteiger partial charge in [0.15, 0.2) is 11.5 Å². The molecule has 9 heteroatoms. The van der Waals surface area contributed by atoms with Crippen LogP contribution in [0.15, 0.2) is 66.7 Å². The topological polar surface area (TPSA) is 42.0 Å². The summed E-state index contributed by atoms with van der Waals surface area (Å²) in [6.07, 6.45) is 0.500. The molecule has 2 aliphatic heterocycles. The lowest BCUT2D eigenvalue weighted by Gasteiger charge is -2.36. The Labute approximate surface area is 223 Å². The van der Waals surface area contributed by atoms with Gasteiger partial charge in [-0.25, -0.2) is 8.78 Å². The summed E-state index contributed by atoms with van der Waals surface area (Å²) in [7, 11) is 0. The molecule has 0 radical (unpaired) electrons. The summed E-state index contributed by atoms with van der Waals surface area (Å²) in [5.41, 5.74) is 1.80. The maximum absolute atomic E-state index is 15.2. The fourth-order valence-electron chi connectivity index (χ4n) is 4.61. The predicted octanol–water partition coefficient (Wildman–Crippen LogP) is 6.82. The molecule has 37 heavy (non-hydrogen) atoms. The van der Waals surface area contributed by atoms with Crippen LogP contribution in [-0.2, 0) is 5.79 Å². The lowest BCUT2D eigenvalue weighted by Crippen LogP contribution is -2.49. The van der Waals surface area contributed by atoms with Crippen LogP contribution in [0.4, 0.5) is 14.5 Å². The summed E-state index contributed by atoms with van der Waals surface area (Å²) >= 11 is 12.6. The van der Waals surface area contributed by atoms with Gasteiger partial charge in [0.25, 0.3) is 5.91 Å². The molecule has 5 rings (SSSR count). The van der Waals surface area contributed by atoms with Gasteiger partial charge >= 0.3 is 5.79 Å². The maximum atomic E-state index is 15.2. The summed E-state index contributed by atoms with van der Waals surface area (Å²) in [5.74, 6) is -2.58. The van der Waals surface area contributed by atoms with Gasteiger partial charge in [0.2, 0.25) is 0 Å². The van der Waals surface area contributed by atoms with Crippen LogP contribution >= 0.6 is 23.2 Å². The molecule has 1 fully saturated rings. The zero-order valence-corrected chi connectivity index (χ0v) is 21.6. The molecule has 0 spiro atoms. The Morgan fingerprint density at radius 2 is 1.62 bits per heavy atom. The van der Waals surface area contributed by atoms with E-state index in [0.29, 0.717) is 53.8 Å². The minimum absolute atomic E-state index is 0.113. The molecule has 1 atom stereocenters. The normalized spacial score (nSPS) is 18.7. The highest BCUT2D eigenvalue weighted by atomic mass is 35.5. The number of fused-ring (bicyclic) bond motifs is 1. The van der Waals surface area contributed by atoms with Gasteiger partial charge in [-0.1, -0.05) is 36.7 Å². The quantitative estimate of drug-likeness (QED) is 0.330. The van der Waals surface area contributed by atoms with Crippen LogP contribution in [0, 0.1) is 11.6 Å². The average molecular weight is 545 g/mol. The fraction of sp³-hybridized carbons (Fsp3) is 0.250. The second-order valence-corrected chi connectivity index (χ2v) is 9.78. The van der Waals surface area contributed by atoms with Crippen molar-refractivity contribution < 1.29 is 23.0 Å². The predicted molar refractivity (Wildman–Crippen MR) is 140 cm³/mol. The second-order valence-electron chi connectivity index (χ2n) is 8.94. The third kappa shape index (κ3) is 4.62. The third-order valence-electron chi connectivity index (χ3n) is 6.71. The minimum Gasteiger partial charge on any atom is -0.441 e. The van der Waals surface area contributed by atoms with Crippen LogP contribution in [0.25, 0.3) is 0 Å². The fourth-order valence-corrected chi connectivity index (χ4v) is 5.15. The number of halogens is 4. The van der Waals surface area contributed by atoms with Crippen molar-refractivity contribution in [2.75, 3.05) is 31.1 Å². The van der Waals surface area contributed by atoms with Crippen LogP contribution < -0.4 is 14.4 Å². The van der Waals surface area contributed by atoms with E-state index in [9.17, 15) is 9.18 Å². The van der Waals surface area contributed by atoms with Gasteiger partial charge < -0.3 is 19.3 Å². The smallest absolute Gasteiger partial charge is 0.302 e. The Kier molecular flexibility index (Phi) is 6.77. The lowest BCUT2D eigenvalue weighted by molar-refractivity contribution is -0.0517. The highest BCUT2D eigenvalue weighted by Crippen LogP contribution is 2.50. The number of piperazine rings is 1. The summed E-state index contributed by atoms with van der Waals surface area (Å²) in [6, 6.07) is 13.6. The number of anilines is 1. The first kappa shape index (κ1) is 25.4. The zero-order chi connectivity index (χ0) is 26.3. The molecule has 5 nitrogen and oxygen atoms in total. The summed E-state index contributed by atoms with van der Waals surface area (Å²) < 4.78 is 40.8. The largest absolute Gasteiger partial charge is 0.441 e. The first-order valence-electron chi connectivity index (χ1n) is 11.9. The number of benzene rings is 3. The van der Waals surface area contributed by atoms with Crippen molar-refractivity contribution in [2.45, 2.75) is 19.1 Å². The Morgan fingerprint density at radius 1 is 0.973 bits per heavy atom. The molecule has 0 saturated carbocycles. The van der Waals surface area contributed by atoms with Crippen LogP contribution in [0.5, 0.6) is 11.5 Å². The van der Waals surface area contributed by atoms with Crippen molar-refractivity contribution in [1.29, 1.82) is 0 Å². The highest BCUT2D eigenvalue weighted by Gasteiger charge is 2.47. The van der Waals surface area contributed by atoms with E-state index in [0.717, 1.165) is 11.8 Å². The molecule has 1 amide bonds. The lowest BCUT2D eigenvalue weighted by atomic mass is 9.96. The standard InChI is InChI=1S/C28H24Cl2F2N2O3/c1-3-17(2)28(22-9-4-18(29)14-23(22)30)36-25-15-21(24(32)16-26(25)37-28)27(35)34-12-10-33(11-13-34)20-7-5-19(31)6-8-20/h4-9,14-16H,2-3,10-13H2,1H3. The van der Waals surface area contributed by atoms with Crippen LogP contribution in [0.2, 0.25) is 10.0 Å². The van der Waals surface area contributed by atoms with Crippen molar-refractivity contribution in [1.82, 2.24) is 4.90 Å². The SMILES string of the molecule is C=C(CC)C1(c2ccc(Cl)cc2Cl)Oc2cc(F)c(C(=O)N3CCN(c4ccc(F)cc4)CC3)cc2O1. The van der Waals surface area contributed by atoms with Crippen LogP contribution in [-0.4, -0.2) is 37.0 Å². The Bertz CT molecular complexity index is 1370. The Hall–Kier alpha value is -3.29. The molecule has 1 saturated heterocycles. The van der Waals surface area contributed by atoms with E-state index in [1.54, 1.807) is 35.2 Å². The number of hydrogen-bond donors (Lipinski definition) is 0. The Balaban J connectivity index is 1.38. The van der Waals surface area contributed by atoms with Crippen molar-refractivity contribution in [2.24, 2.45) is 0 Å². The molecule has 3 aromatic rings. The Morgan fingerprint density at radius 3 is 2.24 bits per heavy atom. The van der Waals surface area contributed by atoms with Crippen molar-refractivity contribution in [3.05, 3.63) is 99.6 Å². The number of nitrogens with zero attached hydrogens (tertiary/aromatic N) is 2. The van der Waals surface area contributed by atoms with E-state index in [1.807, 2.05) is 6.92 Å². The molecule has 0 bridgehead atoms. The van der Waals surface area contributed by atoms with Gasteiger partial charge in [-0.15, -0.1) is 0 Å². The van der Waals surface area contributed by atoms with E-state index >= 15 is 4.39 Å². The van der Waals surface area contributed by atoms with Crippen LogP contribution in [0.3, 0.4) is 0 Å². The van der Waals surface area contributed by atoms with Gasteiger partial charge in [0.1, 0.15) is 11.6 Å². The molecule has 0 N–H and O–H groups in total. The monoisotopic (exact) mass is 544 g/mol. The van der Waals surface area contributed by atoms with Gasteiger partial charge in [0.05, 0.1) is 16.1 Å². The number of rotatable bonds is 5. The zero-order valence-electron chi connectivity index (χ0n) is 20.1. The second kappa shape index (κ2) is 9.88. The minimum atomic E-state index is -1.48. The van der Waals surface area contributed by atoms with Gasteiger partial charge in [-0.2, -0.15) is 0 Å². The molecule has 2 heterocycles. The van der Waals surface area contributed by atoms with E-state index in [2.05, 4.69) is 11.5 Å². The highest BCUT2D eigenvalue weighted by molar-refractivity contribution is 6.35. The average Bonchev–Trinajstić information content (AvgIpc) is 3.27. The number of hydrogen-bond acceptors (Lipinski definition) is 4. The van der Waals surface area contributed by atoms with E-state index in [1.165, 1.54) is 18.2 Å². The first-order valence-corrected chi connectivity index (χ1v) is 12.6. The number of carbonyl (C=O) groups excluding carboxylic acids is 1. The summed E-state index contributed by atoms with van der Waals surface area (Å²) in [5, 5.41) is 0.755. The number of carbonyl (C=O) groups is 1. The summed E-state index contributed by atoms with van der Waals surface area (Å²) in [6.45, 7) is 7.86. The van der Waals surface area contributed by atoms with E-state index in [4.69, 9.17) is 32.7 Å². The molecular weight excluding hydrogens is 521 g/mol. The van der Waals surface area contributed by atoms with Crippen molar-refractivity contribution >= 4 is 34.8 Å². The van der Waals surface area contributed by atoms with Crippen molar-refractivity contribution in [3.8, 4) is 11.5 Å². The number of ether oxygens (including phenoxy) is 2. The molecule has 0 aromatic heterocycles.